The predicted molar refractivity (Wildman–Crippen MR) is 299 cm³/mol. The van der Waals surface area contributed by atoms with Crippen LogP contribution in [0.15, 0.2) is 261 Å². The van der Waals surface area contributed by atoms with Gasteiger partial charge < -0.3 is 14.7 Å². The Bertz CT molecular complexity index is 3970. The average Bonchev–Trinajstić information content (AvgIpc) is 3.99. The van der Waals surface area contributed by atoms with E-state index in [1.165, 1.54) is 51.1 Å². The zero-order chi connectivity index (χ0) is 45.7. The van der Waals surface area contributed by atoms with Gasteiger partial charge in [0, 0.05) is 80.8 Å². The topological polar surface area (TPSA) is 9.72 Å². The van der Waals surface area contributed by atoms with Crippen molar-refractivity contribution in [1.82, 2.24) is 0 Å². The summed E-state index contributed by atoms with van der Waals surface area (Å²) in [5.41, 5.74) is 12.1. The molecule has 2 aromatic heterocycles. The van der Waals surface area contributed by atoms with Crippen molar-refractivity contribution in [3.8, 4) is 11.1 Å². The molecular formula is C64H43N3S2. The van der Waals surface area contributed by atoms with E-state index in [9.17, 15) is 0 Å². The molecular weight excluding hydrogens is 875 g/mol. The molecule has 0 atom stereocenters. The lowest BCUT2D eigenvalue weighted by Gasteiger charge is -2.31. The minimum Gasteiger partial charge on any atom is -0.310 e. The third kappa shape index (κ3) is 7.36. The molecule has 0 amide bonds. The maximum atomic E-state index is 2.45. The fourth-order valence-corrected chi connectivity index (χ4v) is 12.3. The lowest BCUT2D eigenvalue weighted by molar-refractivity contribution is 1.26. The van der Waals surface area contributed by atoms with Crippen LogP contribution in [0.25, 0.3) is 62.2 Å². The summed E-state index contributed by atoms with van der Waals surface area (Å²) in [6, 6.07) is 95.0. The molecule has 69 heavy (non-hydrogen) atoms. The largest absolute Gasteiger partial charge is 0.310 e. The van der Waals surface area contributed by atoms with Crippen LogP contribution in [0.3, 0.4) is 0 Å². The van der Waals surface area contributed by atoms with Crippen molar-refractivity contribution in [1.29, 1.82) is 0 Å². The first kappa shape index (κ1) is 40.8. The van der Waals surface area contributed by atoms with E-state index in [1.807, 2.05) is 22.7 Å². The van der Waals surface area contributed by atoms with E-state index in [2.05, 4.69) is 276 Å². The summed E-state index contributed by atoms with van der Waals surface area (Å²) in [7, 11) is 0. The summed E-state index contributed by atoms with van der Waals surface area (Å²) in [5.74, 6) is 0. The van der Waals surface area contributed by atoms with Crippen LogP contribution in [0, 0.1) is 0 Å². The van der Waals surface area contributed by atoms with Gasteiger partial charge in [0.15, 0.2) is 0 Å². The average molecular weight is 918 g/mol. The summed E-state index contributed by atoms with van der Waals surface area (Å²) < 4.78 is 5.13. The summed E-state index contributed by atoms with van der Waals surface area (Å²) in [5, 5.41) is 7.49. The van der Waals surface area contributed by atoms with E-state index in [4.69, 9.17) is 0 Å². The third-order valence-corrected chi connectivity index (χ3v) is 15.5. The summed E-state index contributed by atoms with van der Waals surface area (Å²) in [6.07, 6.45) is 0. The smallest absolute Gasteiger partial charge is 0.0640 e. The lowest BCUT2D eigenvalue weighted by atomic mass is 10.0. The van der Waals surface area contributed by atoms with Gasteiger partial charge in [-0.15, -0.1) is 22.7 Å². The number of hydrogen-bond donors (Lipinski definition) is 0. The molecule has 0 aliphatic heterocycles. The Morgan fingerprint density at radius 1 is 0.232 bits per heavy atom. The van der Waals surface area contributed by atoms with Crippen molar-refractivity contribution in [3.63, 3.8) is 0 Å². The van der Waals surface area contributed by atoms with Gasteiger partial charge in [0.25, 0.3) is 0 Å². The Morgan fingerprint density at radius 2 is 0.696 bits per heavy atom. The van der Waals surface area contributed by atoms with Gasteiger partial charge in [-0.2, -0.15) is 0 Å². The van der Waals surface area contributed by atoms with E-state index >= 15 is 0 Å². The van der Waals surface area contributed by atoms with E-state index in [1.54, 1.807) is 0 Å². The Hall–Kier alpha value is -8.48. The molecule has 0 aliphatic carbocycles. The summed E-state index contributed by atoms with van der Waals surface area (Å²) in [4.78, 5) is 7.25. The second-order valence-electron chi connectivity index (χ2n) is 17.3. The van der Waals surface area contributed by atoms with Gasteiger partial charge in [-0.25, -0.2) is 0 Å². The highest BCUT2D eigenvalue weighted by Crippen LogP contribution is 2.49. The maximum absolute atomic E-state index is 2.45. The summed E-state index contributed by atoms with van der Waals surface area (Å²) >= 11 is 3.71. The molecule has 0 fully saturated rings. The fourth-order valence-electron chi connectivity index (χ4n) is 10.0. The minimum atomic E-state index is 1.06. The number of benzene rings is 11. The number of anilines is 9. The highest BCUT2D eigenvalue weighted by Gasteiger charge is 2.23. The SMILES string of the molecule is c1ccc(N(c2ccc(-c3cc(N(c4ccccc4)c4cccc5ccccc45)cc(N(c4ccccc4)c4cccc5c4sc4ccccc45)c3)cc2)c2ccc3sc4ccccc4c3c2)cc1. The van der Waals surface area contributed by atoms with E-state index < -0.39 is 0 Å². The minimum absolute atomic E-state index is 1.06. The molecule has 11 aromatic carbocycles. The number of thiophene rings is 2. The quantitative estimate of drug-likeness (QED) is 0.135. The Morgan fingerprint density at radius 3 is 1.38 bits per heavy atom. The molecule has 13 aromatic rings. The summed E-state index contributed by atoms with van der Waals surface area (Å²) in [6.45, 7) is 0. The van der Waals surface area contributed by atoms with Crippen molar-refractivity contribution in [2.45, 2.75) is 0 Å². The van der Waals surface area contributed by atoms with Crippen LogP contribution < -0.4 is 14.7 Å². The lowest BCUT2D eigenvalue weighted by Crippen LogP contribution is -2.14. The van der Waals surface area contributed by atoms with Gasteiger partial charge in [0.2, 0.25) is 0 Å². The first-order valence-electron chi connectivity index (χ1n) is 23.3. The van der Waals surface area contributed by atoms with Gasteiger partial charge in [-0.1, -0.05) is 152 Å². The van der Waals surface area contributed by atoms with Crippen molar-refractivity contribution < 1.29 is 0 Å². The highest BCUT2D eigenvalue weighted by molar-refractivity contribution is 7.26. The molecule has 0 unspecified atom stereocenters. The zero-order valence-corrected chi connectivity index (χ0v) is 39.1. The van der Waals surface area contributed by atoms with Gasteiger partial charge >= 0.3 is 0 Å². The Balaban J connectivity index is 1.02. The van der Waals surface area contributed by atoms with E-state index in [0.717, 1.165) is 62.3 Å². The number of hydrogen-bond acceptors (Lipinski definition) is 5. The van der Waals surface area contributed by atoms with Crippen molar-refractivity contribution in [2.75, 3.05) is 14.7 Å². The second kappa shape index (κ2) is 17.3. The van der Waals surface area contributed by atoms with Gasteiger partial charge in [-0.05, 0) is 126 Å². The van der Waals surface area contributed by atoms with Gasteiger partial charge in [0.1, 0.15) is 0 Å². The van der Waals surface area contributed by atoms with Crippen molar-refractivity contribution in [3.05, 3.63) is 261 Å². The predicted octanol–water partition coefficient (Wildman–Crippen LogP) is 19.7. The molecule has 5 heteroatoms. The Kier molecular flexibility index (Phi) is 10.2. The normalized spacial score (nSPS) is 11.5. The van der Waals surface area contributed by atoms with Crippen LogP contribution in [0.2, 0.25) is 0 Å². The monoisotopic (exact) mass is 917 g/mol. The molecule has 0 spiro atoms. The molecule has 0 N–H and O–H groups in total. The van der Waals surface area contributed by atoms with Crippen LogP contribution in [0.5, 0.6) is 0 Å². The number of para-hydroxylation sites is 3. The standard InChI is InChI=1S/C64H43N3S2/c1-4-20-47(21-5-1)65(51-38-39-63-58(43-51)56-28-13-14-32-61(56)68-63)50-36-34-44(35-37-50)46-40-52(66(48-22-6-2-7-23-48)59-30-16-19-45-18-10-11-26-54(45)59)42-53(41-46)67(49-24-8-3-9-25-49)60-31-17-29-57-55-27-12-15-33-62(55)69-64(57)60/h1-43H. The first-order valence-corrected chi connectivity index (χ1v) is 25.0. The maximum Gasteiger partial charge on any atom is 0.0640 e. The molecule has 3 nitrogen and oxygen atoms in total. The van der Waals surface area contributed by atoms with Crippen LogP contribution in [-0.2, 0) is 0 Å². The molecule has 13 rings (SSSR count). The fraction of sp³-hybridized carbons (Fsp3) is 0. The van der Waals surface area contributed by atoms with Gasteiger partial charge in [-0.3, -0.25) is 0 Å². The molecule has 0 radical (unpaired) electrons. The van der Waals surface area contributed by atoms with E-state index in [0.29, 0.717) is 0 Å². The first-order chi connectivity index (χ1) is 34.2. The van der Waals surface area contributed by atoms with Crippen molar-refractivity contribution >= 4 is 125 Å². The number of rotatable bonds is 10. The molecule has 0 saturated heterocycles. The zero-order valence-electron chi connectivity index (χ0n) is 37.5. The highest BCUT2D eigenvalue weighted by atomic mass is 32.1. The van der Waals surface area contributed by atoms with Crippen molar-refractivity contribution in [2.24, 2.45) is 0 Å². The molecule has 0 aliphatic rings. The van der Waals surface area contributed by atoms with Crippen LogP contribution in [-0.4, -0.2) is 0 Å². The molecule has 0 saturated carbocycles. The van der Waals surface area contributed by atoms with Crippen LogP contribution in [0.1, 0.15) is 0 Å². The number of nitrogens with zero attached hydrogens (tertiary/aromatic N) is 3. The second-order valence-corrected chi connectivity index (χ2v) is 19.5. The van der Waals surface area contributed by atoms with Crippen LogP contribution >= 0.6 is 22.7 Å². The Labute approximate surface area is 409 Å². The number of fused-ring (bicyclic) bond motifs is 7. The molecule has 326 valence electrons. The molecule has 2 heterocycles. The third-order valence-electron chi connectivity index (χ3n) is 13.2. The van der Waals surface area contributed by atoms with Crippen LogP contribution in [0.4, 0.5) is 51.2 Å². The van der Waals surface area contributed by atoms with E-state index in [-0.39, 0.29) is 0 Å². The molecule has 0 bridgehead atoms. The van der Waals surface area contributed by atoms with Gasteiger partial charge in [0.05, 0.1) is 16.1 Å².